The summed E-state index contributed by atoms with van der Waals surface area (Å²) >= 11 is 0. The van der Waals surface area contributed by atoms with Gasteiger partial charge in [-0.05, 0) is 67.4 Å². The van der Waals surface area contributed by atoms with E-state index in [1.807, 2.05) is 0 Å². The number of rotatable bonds is 6. The van der Waals surface area contributed by atoms with Crippen molar-refractivity contribution in [2.45, 2.75) is 59.4 Å². The number of unbranched alkanes of at least 4 members (excludes halogenated alkanes) is 1. The van der Waals surface area contributed by atoms with Gasteiger partial charge in [-0.15, -0.1) is 0 Å². The van der Waals surface area contributed by atoms with Gasteiger partial charge in [0.25, 0.3) is 0 Å². The number of aryl methyl sites for hydroxylation is 2. The largest absolute Gasteiger partial charge is 0.330 e. The Kier molecular flexibility index (Phi) is 6.02. The maximum atomic E-state index is 5.50. The van der Waals surface area contributed by atoms with E-state index in [4.69, 9.17) is 5.73 Å². The maximum Gasteiger partial charge on any atom is 0.0210 e. The van der Waals surface area contributed by atoms with E-state index in [-0.39, 0.29) is 5.41 Å². The Morgan fingerprint density at radius 1 is 1.05 bits per heavy atom. The lowest BCUT2D eigenvalue weighted by molar-refractivity contribution is 0.587. The standard InChI is InChI=1S/C17H30N2/c1-13-10-15(17(3,4)5)11-14(2)16(13)12-19-9-7-6-8-18/h10-11,19H,6-9,12,18H2,1-5H3. The van der Waals surface area contributed by atoms with E-state index in [9.17, 15) is 0 Å². The average molecular weight is 262 g/mol. The first kappa shape index (κ1) is 16.2. The molecular weight excluding hydrogens is 232 g/mol. The van der Waals surface area contributed by atoms with Crippen LogP contribution in [-0.4, -0.2) is 13.1 Å². The van der Waals surface area contributed by atoms with E-state index in [1.165, 1.54) is 22.3 Å². The fourth-order valence-electron chi connectivity index (χ4n) is 2.31. The molecule has 0 saturated heterocycles. The lowest BCUT2D eigenvalue weighted by Gasteiger charge is -2.22. The molecule has 0 aliphatic rings. The third kappa shape index (κ3) is 4.96. The van der Waals surface area contributed by atoms with Crippen molar-refractivity contribution in [2.75, 3.05) is 13.1 Å². The normalized spacial score (nSPS) is 11.9. The summed E-state index contributed by atoms with van der Waals surface area (Å²) in [5.41, 5.74) is 11.4. The molecule has 1 aromatic rings. The second-order valence-electron chi connectivity index (χ2n) is 6.51. The molecule has 0 amide bonds. The van der Waals surface area contributed by atoms with Gasteiger partial charge in [-0.3, -0.25) is 0 Å². The molecule has 108 valence electrons. The Balaban J connectivity index is 2.70. The summed E-state index contributed by atoms with van der Waals surface area (Å²) in [6, 6.07) is 4.67. The highest BCUT2D eigenvalue weighted by Crippen LogP contribution is 2.26. The summed E-state index contributed by atoms with van der Waals surface area (Å²) in [6.45, 7) is 14.1. The first-order valence-electron chi connectivity index (χ1n) is 7.37. The SMILES string of the molecule is Cc1cc(C(C)(C)C)cc(C)c1CNCCCCN. The van der Waals surface area contributed by atoms with Gasteiger partial charge < -0.3 is 11.1 Å². The summed E-state index contributed by atoms with van der Waals surface area (Å²) in [7, 11) is 0. The van der Waals surface area contributed by atoms with Crippen molar-refractivity contribution in [1.82, 2.24) is 5.32 Å². The van der Waals surface area contributed by atoms with Crippen LogP contribution in [0.15, 0.2) is 12.1 Å². The second kappa shape index (κ2) is 7.06. The van der Waals surface area contributed by atoms with Crippen LogP contribution in [-0.2, 0) is 12.0 Å². The minimum absolute atomic E-state index is 0.225. The first-order valence-corrected chi connectivity index (χ1v) is 7.37. The molecule has 0 spiro atoms. The predicted molar refractivity (Wildman–Crippen MR) is 84.6 cm³/mol. The van der Waals surface area contributed by atoms with Gasteiger partial charge in [0, 0.05) is 6.54 Å². The zero-order valence-corrected chi connectivity index (χ0v) is 13.3. The van der Waals surface area contributed by atoms with Crippen LogP contribution >= 0.6 is 0 Å². The molecule has 0 aliphatic carbocycles. The summed E-state index contributed by atoms with van der Waals surface area (Å²) in [6.07, 6.45) is 2.27. The van der Waals surface area contributed by atoms with Crippen LogP contribution < -0.4 is 11.1 Å². The highest BCUT2D eigenvalue weighted by atomic mass is 14.8. The van der Waals surface area contributed by atoms with Gasteiger partial charge in [-0.1, -0.05) is 32.9 Å². The molecule has 0 aromatic heterocycles. The van der Waals surface area contributed by atoms with Gasteiger partial charge in [-0.2, -0.15) is 0 Å². The van der Waals surface area contributed by atoms with Gasteiger partial charge >= 0.3 is 0 Å². The highest BCUT2D eigenvalue weighted by molar-refractivity contribution is 5.40. The molecule has 0 bridgehead atoms. The molecule has 0 saturated carbocycles. The number of nitrogens with two attached hydrogens (primary N) is 1. The third-order valence-corrected chi connectivity index (χ3v) is 3.67. The van der Waals surface area contributed by atoms with Gasteiger partial charge in [0.2, 0.25) is 0 Å². The molecule has 2 nitrogen and oxygen atoms in total. The fraction of sp³-hybridized carbons (Fsp3) is 0.647. The van der Waals surface area contributed by atoms with E-state index in [1.54, 1.807) is 0 Å². The van der Waals surface area contributed by atoms with Gasteiger partial charge in [0.1, 0.15) is 0 Å². The van der Waals surface area contributed by atoms with Crippen molar-refractivity contribution in [2.24, 2.45) is 5.73 Å². The summed E-state index contributed by atoms with van der Waals surface area (Å²) in [4.78, 5) is 0. The molecule has 0 unspecified atom stereocenters. The number of hydrogen-bond acceptors (Lipinski definition) is 2. The number of nitrogens with one attached hydrogen (secondary N) is 1. The Hall–Kier alpha value is -0.860. The van der Waals surface area contributed by atoms with Crippen molar-refractivity contribution in [1.29, 1.82) is 0 Å². The monoisotopic (exact) mass is 262 g/mol. The molecule has 1 rings (SSSR count). The summed E-state index contributed by atoms with van der Waals surface area (Å²) in [5.74, 6) is 0. The molecule has 0 atom stereocenters. The van der Waals surface area contributed by atoms with Crippen LogP contribution in [0.5, 0.6) is 0 Å². The molecule has 0 aliphatic heterocycles. The van der Waals surface area contributed by atoms with Crippen LogP contribution in [0.2, 0.25) is 0 Å². The molecule has 0 radical (unpaired) electrons. The molecule has 19 heavy (non-hydrogen) atoms. The van der Waals surface area contributed by atoms with Gasteiger partial charge in [0.05, 0.1) is 0 Å². The van der Waals surface area contributed by atoms with E-state index < -0.39 is 0 Å². The lowest BCUT2D eigenvalue weighted by Crippen LogP contribution is -2.18. The molecule has 3 N–H and O–H groups in total. The zero-order valence-electron chi connectivity index (χ0n) is 13.3. The molecule has 0 fully saturated rings. The predicted octanol–water partition coefficient (Wildman–Crippen LogP) is 3.43. The van der Waals surface area contributed by atoms with Crippen LogP contribution in [0, 0.1) is 13.8 Å². The molecular formula is C17H30N2. The first-order chi connectivity index (χ1) is 8.86. The summed E-state index contributed by atoms with van der Waals surface area (Å²) in [5, 5.41) is 3.52. The average Bonchev–Trinajstić information content (AvgIpc) is 2.30. The van der Waals surface area contributed by atoms with Crippen molar-refractivity contribution in [3.8, 4) is 0 Å². The summed E-state index contributed by atoms with van der Waals surface area (Å²) < 4.78 is 0. The van der Waals surface area contributed by atoms with Gasteiger partial charge in [0.15, 0.2) is 0 Å². The fourth-order valence-corrected chi connectivity index (χ4v) is 2.31. The van der Waals surface area contributed by atoms with Crippen LogP contribution in [0.3, 0.4) is 0 Å². The number of benzene rings is 1. The Morgan fingerprint density at radius 3 is 2.11 bits per heavy atom. The van der Waals surface area contributed by atoms with Gasteiger partial charge in [-0.25, -0.2) is 0 Å². The Labute approximate surface area is 118 Å². The molecule has 1 aromatic carbocycles. The second-order valence-corrected chi connectivity index (χ2v) is 6.51. The minimum Gasteiger partial charge on any atom is -0.330 e. The van der Waals surface area contributed by atoms with E-state index in [2.05, 4.69) is 52.1 Å². The zero-order chi connectivity index (χ0) is 14.5. The van der Waals surface area contributed by atoms with Crippen molar-refractivity contribution in [3.63, 3.8) is 0 Å². The lowest BCUT2D eigenvalue weighted by atomic mass is 9.84. The smallest absolute Gasteiger partial charge is 0.0210 e. The van der Waals surface area contributed by atoms with E-state index >= 15 is 0 Å². The van der Waals surface area contributed by atoms with Crippen LogP contribution in [0.1, 0.15) is 55.9 Å². The Morgan fingerprint density at radius 2 is 1.63 bits per heavy atom. The third-order valence-electron chi connectivity index (χ3n) is 3.67. The van der Waals surface area contributed by atoms with Crippen molar-refractivity contribution in [3.05, 3.63) is 34.4 Å². The van der Waals surface area contributed by atoms with Crippen LogP contribution in [0.25, 0.3) is 0 Å². The van der Waals surface area contributed by atoms with Crippen molar-refractivity contribution >= 4 is 0 Å². The van der Waals surface area contributed by atoms with Crippen molar-refractivity contribution < 1.29 is 0 Å². The number of hydrogen-bond donors (Lipinski definition) is 2. The highest BCUT2D eigenvalue weighted by Gasteiger charge is 2.15. The van der Waals surface area contributed by atoms with E-state index in [0.29, 0.717) is 0 Å². The molecule has 2 heteroatoms. The maximum absolute atomic E-state index is 5.50. The van der Waals surface area contributed by atoms with E-state index in [0.717, 1.165) is 32.5 Å². The topological polar surface area (TPSA) is 38.0 Å². The quantitative estimate of drug-likeness (QED) is 0.771. The van der Waals surface area contributed by atoms with Crippen LogP contribution in [0.4, 0.5) is 0 Å². The minimum atomic E-state index is 0.225. The Bertz CT molecular complexity index is 379. The molecule has 0 heterocycles.